The van der Waals surface area contributed by atoms with Gasteiger partial charge in [0.15, 0.2) is 7.36 Å². The fourth-order valence-electron chi connectivity index (χ4n) is 4.89. The highest BCUT2D eigenvalue weighted by atomic mass is 31.2. The van der Waals surface area contributed by atoms with Gasteiger partial charge in [0, 0.05) is 44.0 Å². The van der Waals surface area contributed by atoms with Crippen molar-refractivity contribution in [1.82, 2.24) is 9.45 Å². The van der Waals surface area contributed by atoms with E-state index in [0.717, 1.165) is 18.8 Å². The van der Waals surface area contributed by atoms with Crippen LogP contribution in [0.3, 0.4) is 0 Å². The molecule has 0 amide bonds. The van der Waals surface area contributed by atoms with Gasteiger partial charge in [-0.3, -0.25) is 0 Å². The summed E-state index contributed by atoms with van der Waals surface area (Å²) in [4.78, 5) is 2.36. The highest BCUT2D eigenvalue weighted by molar-refractivity contribution is 7.67. The van der Waals surface area contributed by atoms with Crippen LogP contribution in [-0.4, -0.2) is 42.8 Å². The molecular formula is C24H32N5P. The molecule has 0 unspecified atom stereocenters. The monoisotopic (exact) mass is 421 g/mol. The Hall–Kier alpha value is -2.36. The van der Waals surface area contributed by atoms with E-state index in [4.69, 9.17) is 9.85 Å². The van der Waals surface area contributed by atoms with E-state index in [-0.39, 0.29) is 5.41 Å². The van der Waals surface area contributed by atoms with E-state index < -0.39 is 7.36 Å². The van der Waals surface area contributed by atoms with Crippen molar-refractivity contribution in [1.29, 1.82) is 0 Å². The zero-order chi connectivity index (χ0) is 21.5. The summed E-state index contributed by atoms with van der Waals surface area (Å²) in [6.45, 7) is 10.9. The first-order valence-electron chi connectivity index (χ1n) is 10.7. The summed E-state index contributed by atoms with van der Waals surface area (Å²) < 4.78 is 10.1. The lowest BCUT2D eigenvalue weighted by Crippen LogP contribution is -2.30. The summed E-state index contributed by atoms with van der Waals surface area (Å²) in [6.07, 6.45) is 2.07. The first-order valence-corrected chi connectivity index (χ1v) is 12.3. The molecule has 1 atom stereocenters. The molecule has 5 nitrogen and oxygen atoms in total. The molecule has 2 aliphatic rings. The lowest BCUT2D eigenvalue weighted by molar-refractivity contribution is 0.452. The maximum atomic E-state index is 5.45. The van der Waals surface area contributed by atoms with Crippen LogP contribution >= 0.6 is 7.36 Å². The predicted molar refractivity (Wildman–Crippen MR) is 130 cm³/mol. The average Bonchev–Trinajstić information content (AvgIpc) is 3.16. The van der Waals surface area contributed by atoms with Gasteiger partial charge >= 0.3 is 0 Å². The van der Waals surface area contributed by atoms with E-state index in [0.29, 0.717) is 0 Å². The van der Waals surface area contributed by atoms with Gasteiger partial charge in [0.1, 0.15) is 0 Å². The van der Waals surface area contributed by atoms with E-state index in [1.807, 2.05) is 6.07 Å². The number of benzene rings is 2. The van der Waals surface area contributed by atoms with Crippen molar-refractivity contribution in [2.75, 3.05) is 32.1 Å². The number of para-hydroxylation sites is 1. The molecule has 2 heterocycles. The number of hydrogen-bond donors (Lipinski definition) is 0. The summed E-state index contributed by atoms with van der Waals surface area (Å²) in [5, 5.41) is 6.08. The Morgan fingerprint density at radius 2 is 1.60 bits per heavy atom. The molecule has 30 heavy (non-hydrogen) atoms. The van der Waals surface area contributed by atoms with Crippen molar-refractivity contribution in [3.8, 4) is 0 Å². The third kappa shape index (κ3) is 2.95. The first kappa shape index (κ1) is 20.9. The van der Waals surface area contributed by atoms with Crippen molar-refractivity contribution in [2.45, 2.75) is 33.1 Å². The molecular weight excluding hydrogens is 389 g/mol. The minimum atomic E-state index is -2.27. The molecule has 0 saturated carbocycles. The number of hydrazone groups is 1. The zero-order valence-electron chi connectivity index (χ0n) is 18.9. The maximum absolute atomic E-state index is 5.45. The van der Waals surface area contributed by atoms with Gasteiger partial charge in [-0.25, -0.2) is 14.2 Å². The van der Waals surface area contributed by atoms with Crippen molar-refractivity contribution in [3.05, 3.63) is 71.2 Å². The number of fused-ring (bicyclic) bond motifs is 1. The molecule has 4 rings (SSSR count). The first-order chi connectivity index (χ1) is 14.4. The third-order valence-corrected chi connectivity index (χ3v) is 10.1. The number of rotatable bonds is 4. The molecule has 2 aromatic rings. The van der Waals surface area contributed by atoms with E-state index in [9.17, 15) is 0 Å². The van der Waals surface area contributed by atoms with Gasteiger partial charge in [-0.05, 0) is 23.8 Å². The Morgan fingerprint density at radius 1 is 0.967 bits per heavy atom. The molecule has 158 valence electrons. The second-order valence-corrected chi connectivity index (χ2v) is 11.3. The molecule has 0 spiro atoms. The average molecular weight is 422 g/mol. The Bertz CT molecular complexity index is 1050. The molecule has 6 heteroatoms. The van der Waals surface area contributed by atoms with Gasteiger partial charge in [-0.15, -0.1) is 0 Å². The number of allylic oxidation sites excluding steroid dienone is 2. The smallest absolute Gasteiger partial charge is 0.174 e. The number of anilines is 1. The van der Waals surface area contributed by atoms with Crippen LogP contribution in [0.5, 0.6) is 0 Å². The van der Waals surface area contributed by atoms with Gasteiger partial charge in [0.25, 0.3) is 0 Å². The van der Waals surface area contributed by atoms with Crippen LogP contribution in [0, 0.1) is 0 Å². The van der Waals surface area contributed by atoms with Crippen molar-refractivity contribution in [2.24, 2.45) is 9.85 Å². The molecule has 0 aliphatic carbocycles. The fourth-order valence-corrected chi connectivity index (χ4v) is 8.60. The normalized spacial score (nSPS) is 24.6. The van der Waals surface area contributed by atoms with Gasteiger partial charge < -0.3 is 4.90 Å². The second kappa shape index (κ2) is 7.72. The fraction of sp³-hybridized carbons (Fsp3) is 0.375. The van der Waals surface area contributed by atoms with Gasteiger partial charge in [-0.2, -0.15) is 5.10 Å². The highest BCUT2D eigenvalue weighted by Crippen LogP contribution is 2.69. The minimum absolute atomic E-state index is 0.123. The Balaban J connectivity index is 2.06. The van der Waals surface area contributed by atoms with Crippen LogP contribution in [-0.2, 0) is 5.41 Å². The molecule has 2 aliphatic heterocycles. The van der Waals surface area contributed by atoms with Crippen LogP contribution < -0.4 is 4.90 Å². The molecule has 0 N–H and O–H groups in total. The standard InChI is InChI=1S/C24H32N5P/c1-7-29(8-2)30(26-19-14-10-9-11-15-19)22(18-25-28(30)6)23-24(3,4)20-16-12-13-17-21(20)27(23)5/h9-18H,7-8H2,1-6H3/b23-22-/t30-/m0/s1. The third-order valence-electron chi connectivity index (χ3n) is 6.32. The van der Waals surface area contributed by atoms with Gasteiger partial charge in [-0.1, -0.05) is 64.1 Å². The lowest BCUT2D eigenvalue weighted by Gasteiger charge is -2.39. The summed E-state index contributed by atoms with van der Waals surface area (Å²) in [5.41, 5.74) is 4.81. The maximum Gasteiger partial charge on any atom is 0.174 e. The zero-order valence-corrected chi connectivity index (χ0v) is 19.8. The van der Waals surface area contributed by atoms with Crippen molar-refractivity contribution < 1.29 is 0 Å². The van der Waals surface area contributed by atoms with Crippen molar-refractivity contribution in [3.63, 3.8) is 0 Å². The Morgan fingerprint density at radius 3 is 2.23 bits per heavy atom. The molecule has 2 aromatic carbocycles. The molecule has 0 saturated heterocycles. The molecule has 0 radical (unpaired) electrons. The number of hydrogen-bond acceptors (Lipinski definition) is 3. The van der Waals surface area contributed by atoms with Crippen LogP contribution in [0.25, 0.3) is 0 Å². The van der Waals surface area contributed by atoms with E-state index >= 15 is 0 Å². The van der Waals surface area contributed by atoms with Crippen LogP contribution in [0.15, 0.2) is 75.5 Å². The van der Waals surface area contributed by atoms with Gasteiger partial charge in [0.05, 0.1) is 17.2 Å². The quantitative estimate of drug-likeness (QED) is 0.546. The largest absolute Gasteiger partial charge is 0.346 e. The van der Waals surface area contributed by atoms with Crippen LogP contribution in [0.2, 0.25) is 0 Å². The molecule has 0 aromatic heterocycles. The topological polar surface area (TPSA) is 34.4 Å². The number of nitrogens with zero attached hydrogens (tertiary/aromatic N) is 5. The Labute approximate surface area is 180 Å². The van der Waals surface area contributed by atoms with Crippen LogP contribution in [0.1, 0.15) is 33.3 Å². The van der Waals surface area contributed by atoms with Crippen LogP contribution in [0.4, 0.5) is 11.4 Å². The predicted octanol–water partition coefficient (Wildman–Crippen LogP) is 6.26. The Kier molecular flexibility index (Phi) is 5.37. The van der Waals surface area contributed by atoms with E-state index in [2.05, 4.69) is 111 Å². The molecule has 0 bridgehead atoms. The second-order valence-electron chi connectivity index (χ2n) is 8.31. The summed E-state index contributed by atoms with van der Waals surface area (Å²) in [6, 6.07) is 19.1. The number of likely N-dealkylation sites (N-methyl/N-ethyl adjacent to an activating group) is 1. The minimum Gasteiger partial charge on any atom is -0.346 e. The summed E-state index contributed by atoms with van der Waals surface area (Å²) in [7, 11) is 2.00. The molecule has 0 fully saturated rings. The lowest BCUT2D eigenvalue weighted by atomic mass is 9.84. The highest BCUT2D eigenvalue weighted by Gasteiger charge is 2.47. The van der Waals surface area contributed by atoms with E-state index in [1.165, 1.54) is 22.3 Å². The van der Waals surface area contributed by atoms with Crippen molar-refractivity contribution >= 4 is 24.9 Å². The van der Waals surface area contributed by atoms with E-state index in [1.54, 1.807) is 0 Å². The summed E-state index contributed by atoms with van der Waals surface area (Å²) in [5.74, 6) is 0. The SMILES string of the molecule is CCN(CC)[P@]1(=Nc2ccccc2)/C(=C2\N(C)c3ccccc3C2(C)C)C=NN1C. The van der Waals surface area contributed by atoms with Gasteiger partial charge in [0.2, 0.25) is 0 Å². The summed E-state index contributed by atoms with van der Waals surface area (Å²) >= 11 is 0.